The van der Waals surface area contributed by atoms with E-state index in [9.17, 15) is 9.18 Å². The molecule has 136 valence electrons. The first-order chi connectivity index (χ1) is 13.1. The molecule has 0 radical (unpaired) electrons. The molecule has 1 atom stereocenters. The van der Waals surface area contributed by atoms with Crippen LogP contribution in [0.2, 0.25) is 0 Å². The molecule has 0 fully saturated rings. The average molecular weight is 363 g/mol. The summed E-state index contributed by atoms with van der Waals surface area (Å²) < 4.78 is 14.4. The standard InChI is InChI=1S/C20H18FN5O/c1-26(13-27)20(22)25-19(14-5-3-2-4-6-14)15-7-8-18(21)17(9-15)16-10-23-12-24-11-16/h2-13,19H,1H3,(H2,22,25). The Balaban J connectivity index is 2.04. The summed E-state index contributed by atoms with van der Waals surface area (Å²) in [5, 5.41) is 11.1. The average Bonchev–Trinajstić information content (AvgIpc) is 2.73. The highest BCUT2D eigenvalue weighted by Crippen LogP contribution is 2.28. The number of hydrogen-bond donors (Lipinski definition) is 2. The normalized spacial score (nSPS) is 11.5. The maximum Gasteiger partial charge on any atom is 0.216 e. The molecule has 0 aliphatic carbocycles. The Bertz CT molecular complexity index is 934. The fourth-order valence-electron chi connectivity index (χ4n) is 2.68. The predicted molar refractivity (Wildman–Crippen MR) is 100 cm³/mol. The largest absolute Gasteiger partial charge is 0.345 e. The van der Waals surface area contributed by atoms with Crippen molar-refractivity contribution in [1.82, 2.24) is 20.2 Å². The molecule has 2 N–H and O–H groups in total. The van der Waals surface area contributed by atoms with Gasteiger partial charge in [0.05, 0.1) is 6.04 Å². The molecular weight excluding hydrogens is 345 g/mol. The van der Waals surface area contributed by atoms with E-state index in [1.165, 1.54) is 19.4 Å². The number of aromatic nitrogens is 2. The molecule has 7 heteroatoms. The zero-order valence-electron chi connectivity index (χ0n) is 14.6. The zero-order valence-corrected chi connectivity index (χ0v) is 14.6. The van der Waals surface area contributed by atoms with Crippen LogP contribution in [-0.4, -0.2) is 34.3 Å². The van der Waals surface area contributed by atoms with Gasteiger partial charge in [-0.05, 0) is 23.3 Å². The van der Waals surface area contributed by atoms with E-state index < -0.39 is 6.04 Å². The van der Waals surface area contributed by atoms with Gasteiger partial charge in [-0.3, -0.25) is 15.1 Å². The third-order valence-electron chi connectivity index (χ3n) is 4.12. The number of guanidine groups is 1. The fraction of sp³-hybridized carbons (Fsp3) is 0.100. The molecule has 1 amide bonds. The lowest BCUT2D eigenvalue weighted by Crippen LogP contribution is -2.39. The highest BCUT2D eigenvalue weighted by molar-refractivity contribution is 5.86. The predicted octanol–water partition coefficient (Wildman–Crippen LogP) is 2.98. The van der Waals surface area contributed by atoms with Crippen LogP contribution in [0.1, 0.15) is 17.2 Å². The van der Waals surface area contributed by atoms with Crippen LogP contribution in [0, 0.1) is 11.2 Å². The Morgan fingerprint density at radius 2 is 1.85 bits per heavy atom. The van der Waals surface area contributed by atoms with Gasteiger partial charge in [-0.2, -0.15) is 0 Å². The molecule has 1 aromatic heterocycles. The van der Waals surface area contributed by atoms with Crippen LogP contribution in [0.15, 0.2) is 67.3 Å². The molecule has 2 aromatic carbocycles. The highest BCUT2D eigenvalue weighted by atomic mass is 19.1. The van der Waals surface area contributed by atoms with Crippen molar-refractivity contribution in [2.45, 2.75) is 6.04 Å². The van der Waals surface area contributed by atoms with Crippen molar-refractivity contribution in [3.8, 4) is 11.1 Å². The van der Waals surface area contributed by atoms with Crippen molar-refractivity contribution in [3.63, 3.8) is 0 Å². The number of benzene rings is 2. The Hall–Kier alpha value is -3.61. The lowest BCUT2D eigenvalue weighted by molar-refractivity contribution is -0.114. The first-order valence-corrected chi connectivity index (χ1v) is 8.23. The van der Waals surface area contributed by atoms with Crippen LogP contribution in [0.3, 0.4) is 0 Å². The van der Waals surface area contributed by atoms with Crippen molar-refractivity contribution in [2.75, 3.05) is 7.05 Å². The molecule has 1 heterocycles. The summed E-state index contributed by atoms with van der Waals surface area (Å²) in [6.07, 6.45) is 5.02. The van der Waals surface area contributed by atoms with E-state index in [0.29, 0.717) is 17.5 Å². The van der Waals surface area contributed by atoms with E-state index in [1.54, 1.807) is 24.5 Å². The number of amides is 1. The summed E-state index contributed by atoms with van der Waals surface area (Å²) in [6, 6.07) is 13.8. The number of halogens is 1. The molecule has 1 unspecified atom stereocenters. The van der Waals surface area contributed by atoms with Gasteiger partial charge in [-0.15, -0.1) is 0 Å². The van der Waals surface area contributed by atoms with Gasteiger partial charge in [-0.1, -0.05) is 36.4 Å². The van der Waals surface area contributed by atoms with Gasteiger partial charge in [0.2, 0.25) is 6.41 Å². The van der Waals surface area contributed by atoms with Gasteiger partial charge in [0.15, 0.2) is 5.96 Å². The van der Waals surface area contributed by atoms with Crippen molar-refractivity contribution in [3.05, 3.63) is 84.2 Å². The van der Waals surface area contributed by atoms with Crippen LogP contribution in [0.4, 0.5) is 4.39 Å². The van der Waals surface area contributed by atoms with Crippen molar-refractivity contribution >= 4 is 12.4 Å². The Kier molecular flexibility index (Phi) is 5.51. The van der Waals surface area contributed by atoms with E-state index in [-0.39, 0.29) is 11.8 Å². The third-order valence-corrected chi connectivity index (χ3v) is 4.12. The molecule has 0 saturated heterocycles. The van der Waals surface area contributed by atoms with Crippen molar-refractivity contribution in [2.24, 2.45) is 0 Å². The molecule has 3 aromatic rings. The first-order valence-electron chi connectivity index (χ1n) is 8.23. The van der Waals surface area contributed by atoms with E-state index in [0.717, 1.165) is 16.0 Å². The minimum Gasteiger partial charge on any atom is -0.345 e. The second kappa shape index (κ2) is 8.18. The first kappa shape index (κ1) is 18.2. The van der Waals surface area contributed by atoms with Gasteiger partial charge >= 0.3 is 0 Å². The molecule has 0 aliphatic heterocycles. The van der Waals surface area contributed by atoms with E-state index in [4.69, 9.17) is 5.41 Å². The van der Waals surface area contributed by atoms with E-state index >= 15 is 0 Å². The second-order valence-corrected chi connectivity index (χ2v) is 5.92. The maximum absolute atomic E-state index is 14.4. The van der Waals surface area contributed by atoms with Gasteiger partial charge in [-0.25, -0.2) is 14.4 Å². The summed E-state index contributed by atoms with van der Waals surface area (Å²) in [4.78, 5) is 20.0. The monoisotopic (exact) mass is 363 g/mol. The van der Waals surface area contributed by atoms with Gasteiger partial charge in [0, 0.05) is 30.6 Å². The molecular formula is C20H18FN5O. The molecule has 6 nitrogen and oxygen atoms in total. The molecule has 0 spiro atoms. The highest BCUT2D eigenvalue weighted by Gasteiger charge is 2.19. The number of rotatable bonds is 5. The Morgan fingerprint density at radius 3 is 2.52 bits per heavy atom. The molecule has 27 heavy (non-hydrogen) atoms. The summed E-state index contributed by atoms with van der Waals surface area (Å²) in [6.45, 7) is 0. The molecule has 0 aliphatic rings. The van der Waals surface area contributed by atoms with Crippen LogP contribution in [-0.2, 0) is 4.79 Å². The van der Waals surface area contributed by atoms with Crippen LogP contribution in [0.25, 0.3) is 11.1 Å². The Morgan fingerprint density at radius 1 is 1.15 bits per heavy atom. The number of nitrogens with one attached hydrogen (secondary N) is 2. The quantitative estimate of drug-likeness (QED) is 0.415. The maximum atomic E-state index is 14.4. The zero-order chi connectivity index (χ0) is 19.2. The number of carbonyl (C=O) groups is 1. The topological polar surface area (TPSA) is 82.0 Å². The van der Waals surface area contributed by atoms with Crippen LogP contribution >= 0.6 is 0 Å². The Labute approximate surface area is 156 Å². The fourth-order valence-corrected chi connectivity index (χ4v) is 2.68. The summed E-state index contributed by atoms with van der Waals surface area (Å²) in [7, 11) is 1.49. The van der Waals surface area contributed by atoms with Gasteiger partial charge in [0.1, 0.15) is 12.1 Å². The molecule has 3 rings (SSSR count). The summed E-state index contributed by atoms with van der Waals surface area (Å²) in [5.74, 6) is -0.451. The SMILES string of the molecule is CN(C=O)C(=N)NC(c1ccccc1)c1ccc(F)c(-c2cncnc2)c1. The number of hydrogen-bond acceptors (Lipinski definition) is 4. The minimum absolute atomic E-state index is 0.0622. The lowest BCUT2D eigenvalue weighted by atomic mass is 9.95. The molecule has 0 bridgehead atoms. The lowest BCUT2D eigenvalue weighted by Gasteiger charge is -2.24. The van der Waals surface area contributed by atoms with E-state index in [1.807, 2.05) is 30.3 Å². The van der Waals surface area contributed by atoms with Gasteiger partial charge in [0.25, 0.3) is 0 Å². The van der Waals surface area contributed by atoms with E-state index in [2.05, 4.69) is 15.3 Å². The van der Waals surface area contributed by atoms with Crippen molar-refractivity contribution < 1.29 is 9.18 Å². The third kappa shape index (κ3) is 4.14. The number of carbonyl (C=O) groups excluding carboxylic acids is 1. The van der Waals surface area contributed by atoms with Crippen LogP contribution < -0.4 is 5.32 Å². The summed E-state index contributed by atoms with van der Waals surface area (Å²) in [5.41, 5.74) is 2.55. The van der Waals surface area contributed by atoms with Gasteiger partial charge < -0.3 is 5.32 Å². The summed E-state index contributed by atoms with van der Waals surface area (Å²) >= 11 is 0. The minimum atomic E-state index is -0.440. The van der Waals surface area contributed by atoms with Crippen molar-refractivity contribution in [1.29, 1.82) is 5.41 Å². The van der Waals surface area contributed by atoms with Crippen LogP contribution in [0.5, 0.6) is 0 Å². The number of nitrogens with zero attached hydrogens (tertiary/aromatic N) is 3. The smallest absolute Gasteiger partial charge is 0.216 e. The second-order valence-electron chi connectivity index (χ2n) is 5.92. The molecule has 0 saturated carbocycles.